The lowest BCUT2D eigenvalue weighted by molar-refractivity contribution is 0.354. The number of aliphatic imine (C=N–C) groups is 1. The van der Waals surface area contributed by atoms with Gasteiger partial charge < -0.3 is 19.3 Å². The van der Waals surface area contributed by atoms with Crippen LogP contribution in [0, 0.1) is 0 Å². The van der Waals surface area contributed by atoms with Crippen LogP contribution < -0.4 is 9.47 Å². The summed E-state index contributed by atoms with van der Waals surface area (Å²) in [6.07, 6.45) is 0. The van der Waals surface area contributed by atoms with Crippen LogP contribution in [0.25, 0.3) is 0 Å². The number of nitrogens with zero attached hydrogens (tertiary/aromatic N) is 3. The molecule has 0 saturated carbocycles. The molecule has 0 fully saturated rings. The first-order valence-electron chi connectivity index (χ1n) is 6.09. The molecule has 1 aromatic carbocycles. The molecule has 1 aromatic rings. The van der Waals surface area contributed by atoms with Crippen molar-refractivity contribution in [2.45, 2.75) is 6.54 Å². The Morgan fingerprint density at radius 3 is 2.05 bits per heavy atom. The highest BCUT2D eigenvalue weighted by atomic mass is 16.5. The van der Waals surface area contributed by atoms with Gasteiger partial charge in [0.25, 0.3) is 0 Å². The Bertz CT molecular complexity index is 432. The molecular weight excluding hydrogens is 242 g/mol. The third-order valence-electron chi connectivity index (χ3n) is 2.65. The summed E-state index contributed by atoms with van der Waals surface area (Å²) < 4.78 is 10.5. The van der Waals surface area contributed by atoms with E-state index in [9.17, 15) is 0 Å². The fourth-order valence-electron chi connectivity index (χ4n) is 1.82. The molecule has 0 N–H and O–H groups in total. The van der Waals surface area contributed by atoms with Gasteiger partial charge in [0.2, 0.25) is 0 Å². The van der Waals surface area contributed by atoms with Crippen LogP contribution in [0.1, 0.15) is 5.56 Å². The lowest BCUT2D eigenvalue weighted by Crippen LogP contribution is -2.35. The molecule has 5 nitrogen and oxygen atoms in total. The van der Waals surface area contributed by atoms with Crippen LogP contribution in [-0.2, 0) is 6.54 Å². The Balaban J connectivity index is 2.91. The van der Waals surface area contributed by atoms with Crippen molar-refractivity contribution in [3.8, 4) is 11.5 Å². The van der Waals surface area contributed by atoms with Crippen molar-refractivity contribution in [3.63, 3.8) is 0 Å². The summed E-state index contributed by atoms with van der Waals surface area (Å²) in [6, 6.07) is 5.84. The van der Waals surface area contributed by atoms with Gasteiger partial charge in [0.05, 0.1) is 20.8 Å². The van der Waals surface area contributed by atoms with Crippen LogP contribution in [0.4, 0.5) is 0 Å². The molecule has 1 rings (SSSR count). The van der Waals surface area contributed by atoms with Crippen LogP contribution in [0.15, 0.2) is 23.2 Å². The lowest BCUT2D eigenvalue weighted by atomic mass is 10.2. The van der Waals surface area contributed by atoms with Crippen LogP contribution in [0.2, 0.25) is 0 Å². The third-order valence-corrected chi connectivity index (χ3v) is 2.65. The van der Waals surface area contributed by atoms with Crippen LogP contribution in [0.3, 0.4) is 0 Å². The van der Waals surface area contributed by atoms with Crippen molar-refractivity contribution < 1.29 is 9.47 Å². The number of hydrogen-bond donors (Lipinski definition) is 0. The molecule has 0 aromatic heterocycles. The summed E-state index contributed by atoms with van der Waals surface area (Å²) in [5.74, 6) is 2.39. The van der Waals surface area contributed by atoms with Crippen molar-refractivity contribution in [2.24, 2.45) is 4.99 Å². The smallest absolute Gasteiger partial charge is 0.195 e. The monoisotopic (exact) mass is 265 g/mol. The van der Waals surface area contributed by atoms with E-state index in [1.165, 1.54) is 0 Å². The number of guanidine groups is 1. The van der Waals surface area contributed by atoms with Gasteiger partial charge in [0.1, 0.15) is 0 Å². The maximum atomic E-state index is 5.28. The molecule has 0 heterocycles. The standard InChI is InChI=1S/C14H23N3O2/c1-16(2)14(17(3)4)15-10-11-7-8-12(18-5)13(9-11)19-6/h7-9H,10H2,1-6H3. The first kappa shape index (κ1) is 15.1. The van der Waals surface area contributed by atoms with Crippen LogP contribution in [0.5, 0.6) is 11.5 Å². The molecule has 0 aliphatic carbocycles. The maximum Gasteiger partial charge on any atom is 0.195 e. The quantitative estimate of drug-likeness (QED) is 0.613. The van der Waals surface area contributed by atoms with Gasteiger partial charge in [-0.25, -0.2) is 4.99 Å². The van der Waals surface area contributed by atoms with Gasteiger partial charge in [0.15, 0.2) is 17.5 Å². The van der Waals surface area contributed by atoms with E-state index in [-0.39, 0.29) is 0 Å². The molecule has 19 heavy (non-hydrogen) atoms. The van der Waals surface area contributed by atoms with Crippen molar-refractivity contribution in [1.82, 2.24) is 9.80 Å². The Labute approximate surface area is 115 Å². The van der Waals surface area contributed by atoms with Gasteiger partial charge >= 0.3 is 0 Å². The molecule has 0 unspecified atom stereocenters. The minimum Gasteiger partial charge on any atom is -0.493 e. The zero-order valence-corrected chi connectivity index (χ0v) is 12.6. The first-order valence-corrected chi connectivity index (χ1v) is 6.09. The molecule has 0 saturated heterocycles. The van der Waals surface area contributed by atoms with Crippen molar-refractivity contribution in [1.29, 1.82) is 0 Å². The van der Waals surface area contributed by atoms with Crippen LogP contribution in [-0.4, -0.2) is 58.2 Å². The highest BCUT2D eigenvalue weighted by Gasteiger charge is 2.06. The summed E-state index contributed by atoms with van der Waals surface area (Å²) in [7, 11) is 11.2. The average molecular weight is 265 g/mol. The largest absolute Gasteiger partial charge is 0.493 e. The second-order valence-electron chi connectivity index (χ2n) is 4.59. The molecule has 0 radical (unpaired) electrons. The minimum atomic E-state index is 0.603. The van der Waals surface area contributed by atoms with Gasteiger partial charge in [-0.2, -0.15) is 0 Å². The molecule has 5 heteroatoms. The van der Waals surface area contributed by atoms with Gasteiger partial charge in [-0.3, -0.25) is 0 Å². The normalized spacial score (nSPS) is 9.79. The van der Waals surface area contributed by atoms with Gasteiger partial charge in [0, 0.05) is 28.2 Å². The third kappa shape index (κ3) is 4.05. The van der Waals surface area contributed by atoms with E-state index in [0.717, 1.165) is 23.0 Å². The highest BCUT2D eigenvalue weighted by molar-refractivity contribution is 5.79. The fraction of sp³-hybridized carbons (Fsp3) is 0.500. The second-order valence-corrected chi connectivity index (χ2v) is 4.59. The Kier molecular flexibility index (Phi) is 5.48. The average Bonchev–Trinajstić information content (AvgIpc) is 2.37. The predicted molar refractivity (Wildman–Crippen MR) is 78.1 cm³/mol. The summed E-state index contributed by atoms with van der Waals surface area (Å²) in [6.45, 7) is 0.603. The van der Waals surface area contributed by atoms with E-state index < -0.39 is 0 Å². The Hall–Kier alpha value is -1.91. The van der Waals surface area contributed by atoms with E-state index >= 15 is 0 Å². The number of rotatable bonds is 4. The summed E-state index contributed by atoms with van der Waals surface area (Å²) in [5, 5.41) is 0. The minimum absolute atomic E-state index is 0.603. The number of benzene rings is 1. The van der Waals surface area contributed by atoms with E-state index in [1.807, 2.05) is 56.2 Å². The fourth-order valence-corrected chi connectivity index (χ4v) is 1.82. The van der Waals surface area contributed by atoms with E-state index in [1.54, 1.807) is 14.2 Å². The predicted octanol–water partition coefficient (Wildman–Crippen LogP) is 1.68. The van der Waals surface area contributed by atoms with E-state index in [2.05, 4.69) is 4.99 Å². The summed E-state index contributed by atoms with van der Waals surface area (Å²) in [5.41, 5.74) is 1.08. The molecular formula is C14H23N3O2. The van der Waals surface area contributed by atoms with Gasteiger partial charge in [-0.1, -0.05) is 6.07 Å². The highest BCUT2D eigenvalue weighted by Crippen LogP contribution is 2.27. The number of methoxy groups -OCH3 is 2. The summed E-state index contributed by atoms with van der Waals surface area (Å²) >= 11 is 0. The van der Waals surface area contributed by atoms with E-state index in [4.69, 9.17) is 9.47 Å². The van der Waals surface area contributed by atoms with Gasteiger partial charge in [-0.05, 0) is 17.7 Å². The molecule has 0 atom stereocenters. The molecule has 0 spiro atoms. The molecule has 0 bridgehead atoms. The Morgan fingerprint density at radius 1 is 1.00 bits per heavy atom. The second kappa shape index (κ2) is 6.87. The Morgan fingerprint density at radius 2 is 1.58 bits per heavy atom. The zero-order valence-electron chi connectivity index (χ0n) is 12.6. The van der Waals surface area contributed by atoms with Crippen molar-refractivity contribution in [3.05, 3.63) is 23.8 Å². The van der Waals surface area contributed by atoms with Crippen molar-refractivity contribution in [2.75, 3.05) is 42.4 Å². The van der Waals surface area contributed by atoms with Crippen molar-refractivity contribution >= 4 is 5.96 Å². The topological polar surface area (TPSA) is 37.3 Å². The molecule has 0 aliphatic heterocycles. The molecule has 0 aliphatic rings. The number of hydrogen-bond acceptors (Lipinski definition) is 3. The van der Waals surface area contributed by atoms with E-state index in [0.29, 0.717) is 6.54 Å². The molecule has 0 amide bonds. The zero-order chi connectivity index (χ0) is 14.4. The summed E-state index contributed by atoms with van der Waals surface area (Å²) in [4.78, 5) is 8.57. The molecule has 106 valence electrons. The first-order chi connectivity index (χ1) is 8.99. The maximum absolute atomic E-state index is 5.28. The van der Waals surface area contributed by atoms with Gasteiger partial charge in [-0.15, -0.1) is 0 Å². The van der Waals surface area contributed by atoms with Crippen LogP contribution >= 0.6 is 0 Å². The lowest BCUT2D eigenvalue weighted by Gasteiger charge is -2.22. The SMILES string of the molecule is COc1ccc(CN=C(N(C)C)N(C)C)cc1OC. The number of ether oxygens (including phenoxy) is 2.